The number of hydrogen-bond donors (Lipinski definition) is 1. The summed E-state index contributed by atoms with van der Waals surface area (Å²) in [6, 6.07) is 1.62. The largest absolute Gasteiger partial charge is 0.433 e. The van der Waals surface area contributed by atoms with Crippen LogP contribution in [-0.2, 0) is 12.6 Å². The molecule has 2 amide bonds. The van der Waals surface area contributed by atoms with Gasteiger partial charge < -0.3 is 5.32 Å². The second-order valence-corrected chi connectivity index (χ2v) is 6.35. The summed E-state index contributed by atoms with van der Waals surface area (Å²) in [6.07, 6.45) is 1.30. The van der Waals surface area contributed by atoms with Gasteiger partial charge in [0.1, 0.15) is 12.0 Å². The molecule has 1 atom stereocenters. The Morgan fingerprint density at radius 3 is 2.69 bits per heavy atom. The quantitative estimate of drug-likeness (QED) is 0.719. The number of carbonyl (C=O) groups excluding carboxylic acids is 1. The number of fused-ring (bicyclic) bond motifs is 1. The lowest BCUT2D eigenvalue weighted by atomic mass is 10.2. The van der Waals surface area contributed by atoms with Crippen molar-refractivity contribution in [1.82, 2.24) is 35.0 Å². The molecule has 1 aliphatic rings. The smallest absolute Gasteiger partial charge is 0.328 e. The van der Waals surface area contributed by atoms with Crippen molar-refractivity contribution >= 4 is 11.7 Å². The van der Waals surface area contributed by atoms with Crippen LogP contribution in [0.4, 0.5) is 23.7 Å². The number of alkyl halides is 3. The van der Waals surface area contributed by atoms with Gasteiger partial charge in [-0.3, -0.25) is 4.90 Å². The van der Waals surface area contributed by atoms with E-state index in [0.29, 0.717) is 29.4 Å². The third kappa shape index (κ3) is 3.60. The van der Waals surface area contributed by atoms with Crippen LogP contribution in [0.2, 0.25) is 0 Å². The van der Waals surface area contributed by atoms with Crippen LogP contribution in [0.25, 0.3) is 5.95 Å². The predicted octanol–water partition coefficient (Wildman–Crippen LogP) is 2.30. The molecule has 4 rings (SSSR count). The van der Waals surface area contributed by atoms with E-state index in [1.165, 1.54) is 15.9 Å². The standard InChI is InChI=1S/C17H15F3N8O/c1-10(14-24-9-25-28(14)15-21-4-2-5-22-15)26-16(29)27-6-3-11-7-13(17(18,19)20)23-8-12(11)27/h2,4-5,7-10H,3,6H2,1H3,(H,26,29)/t10-/m0/s1. The van der Waals surface area contributed by atoms with Crippen LogP contribution in [-0.4, -0.2) is 42.3 Å². The molecule has 3 aromatic rings. The fourth-order valence-corrected chi connectivity index (χ4v) is 3.08. The maximum absolute atomic E-state index is 12.8. The van der Waals surface area contributed by atoms with Crippen molar-refractivity contribution in [1.29, 1.82) is 0 Å². The van der Waals surface area contributed by atoms with Gasteiger partial charge in [0.25, 0.3) is 5.95 Å². The highest BCUT2D eigenvalue weighted by Gasteiger charge is 2.35. The van der Waals surface area contributed by atoms with E-state index in [1.54, 1.807) is 25.4 Å². The first kappa shape index (κ1) is 18.8. The topological polar surface area (TPSA) is 102 Å². The molecule has 0 aromatic carbocycles. The minimum atomic E-state index is -4.52. The van der Waals surface area contributed by atoms with Gasteiger partial charge in [-0.1, -0.05) is 0 Å². The van der Waals surface area contributed by atoms with Crippen molar-refractivity contribution in [3.8, 4) is 5.95 Å². The number of pyridine rings is 1. The van der Waals surface area contributed by atoms with Crippen LogP contribution in [0.15, 0.2) is 37.1 Å². The van der Waals surface area contributed by atoms with E-state index < -0.39 is 23.9 Å². The molecule has 29 heavy (non-hydrogen) atoms. The zero-order valence-corrected chi connectivity index (χ0v) is 15.1. The molecule has 0 unspecified atom stereocenters. The first-order valence-corrected chi connectivity index (χ1v) is 8.66. The third-order valence-electron chi connectivity index (χ3n) is 4.44. The number of nitrogens with one attached hydrogen (secondary N) is 1. The lowest BCUT2D eigenvalue weighted by molar-refractivity contribution is -0.141. The number of carbonyl (C=O) groups is 1. The van der Waals surface area contributed by atoms with Crippen LogP contribution in [0, 0.1) is 0 Å². The highest BCUT2D eigenvalue weighted by molar-refractivity contribution is 5.94. The normalized spacial score (nSPS) is 14.6. The Labute approximate surface area is 162 Å². The van der Waals surface area contributed by atoms with Gasteiger partial charge in [0.05, 0.1) is 17.9 Å². The highest BCUT2D eigenvalue weighted by atomic mass is 19.4. The van der Waals surface area contributed by atoms with E-state index in [9.17, 15) is 18.0 Å². The second kappa shape index (κ2) is 7.11. The Morgan fingerprint density at radius 1 is 1.21 bits per heavy atom. The van der Waals surface area contributed by atoms with Crippen molar-refractivity contribution in [3.05, 3.63) is 54.1 Å². The van der Waals surface area contributed by atoms with Crippen molar-refractivity contribution < 1.29 is 18.0 Å². The summed E-state index contributed by atoms with van der Waals surface area (Å²) >= 11 is 0. The van der Waals surface area contributed by atoms with Crippen LogP contribution in [0.3, 0.4) is 0 Å². The molecule has 3 aromatic heterocycles. The molecule has 1 aliphatic heterocycles. The molecule has 9 nitrogen and oxygen atoms in total. The summed E-state index contributed by atoms with van der Waals surface area (Å²) in [4.78, 5) is 29.9. The van der Waals surface area contributed by atoms with E-state index >= 15 is 0 Å². The van der Waals surface area contributed by atoms with E-state index in [-0.39, 0.29) is 6.54 Å². The lowest BCUT2D eigenvalue weighted by Gasteiger charge is -2.21. The zero-order chi connectivity index (χ0) is 20.6. The highest BCUT2D eigenvalue weighted by Crippen LogP contribution is 2.34. The monoisotopic (exact) mass is 404 g/mol. The fraction of sp³-hybridized carbons (Fsp3) is 0.294. The SMILES string of the molecule is C[C@H](NC(=O)N1CCc2cc(C(F)(F)F)ncc21)c1ncnn1-c1ncccn1. The fourth-order valence-electron chi connectivity index (χ4n) is 3.08. The Morgan fingerprint density at radius 2 is 1.97 bits per heavy atom. The number of urea groups is 1. The number of hydrogen-bond acceptors (Lipinski definition) is 6. The summed E-state index contributed by atoms with van der Waals surface area (Å²) in [6.45, 7) is 1.97. The van der Waals surface area contributed by atoms with Gasteiger partial charge in [-0.05, 0) is 31.0 Å². The Balaban J connectivity index is 1.52. The molecular weight excluding hydrogens is 389 g/mol. The minimum Gasteiger partial charge on any atom is -0.328 e. The molecule has 1 N–H and O–H groups in total. The first-order valence-electron chi connectivity index (χ1n) is 8.66. The third-order valence-corrected chi connectivity index (χ3v) is 4.44. The zero-order valence-electron chi connectivity index (χ0n) is 15.1. The van der Waals surface area contributed by atoms with Gasteiger partial charge in [0.2, 0.25) is 0 Å². The molecule has 4 heterocycles. The van der Waals surface area contributed by atoms with E-state index in [1.807, 2.05) is 0 Å². The molecule has 0 aliphatic carbocycles. The molecule has 0 fully saturated rings. The number of halogens is 3. The van der Waals surface area contributed by atoms with Gasteiger partial charge in [-0.2, -0.15) is 23.0 Å². The summed E-state index contributed by atoms with van der Waals surface area (Å²) < 4.78 is 39.9. The first-order chi connectivity index (χ1) is 13.8. The number of amides is 2. The summed E-state index contributed by atoms with van der Waals surface area (Å²) in [7, 11) is 0. The lowest BCUT2D eigenvalue weighted by Crippen LogP contribution is -2.40. The number of rotatable bonds is 3. The molecule has 0 radical (unpaired) electrons. The Kier molecular flexibility index (Phi) is 4.60. The molecule has 0 bridgehead atoms. The molecule has 0 spiro atoms. The Bertz CT molecular complexity index is 1040. The maximum atomic E-state index is 12.8. The number of nitrogens with zero attached hydrogens (tertiary/aromatic N) is 7. The van der Waals surface area contributed by atoms with E-state index in [2.05, 4.69) is 30.4 Å². The van der Waals surface area contributed by atoms with Gasteiger partial charge in [0.15, 0.2) is 5.82 Å². The average molecular weight is 404 g/mol. The molecule has 150 valence electrons. The van der Waals surface area contributed by atoms with Gasteiger partial charge in [-0.25, -0.2) is 24.7 Å². The Hall–Kier alpha value is -3.57. The van der Waals surface area contributed by atoms with Crippen molar-refractivity contribution in [3.63, 3.8) is 0 Å². The van der Waals surface area contributed by atoms with E-state index in [4.69, 9.17) is 0 Å². The minimum absolute atomic E-state index is 0.255. The van der Waals surface area contributed by atoms with Crippen LogP contribution in [0.1, 0.15) is 30.0 Å². The average Bonchev–Trinajstić information content (AvgIpc) is 3.34. The van der Waals surface area contributed by atoms with Gasteiger partial charge in [-0.15, -0.1) is 0 Å². The summed E-state index contributed by atoms with van der Waals surface area (Å²) in [5.74, 6) is 0.714. The second-order valence-electron chi connectivity index (χ2n) is 6.35. The van der Waals surface area contributed by atoms with Crippen molar-refractivity contribution in [2.45, 2.75) is 25.6 Å². The van der Waals surface area contributed by atoms with Crippen LogP contribution >= 0.6 is 0 Å². The summed E-state index contributed by atoms with van der Waals surface area (Å²) in [5.41, 5.74) is -0.186. The number of anilines is 1. The summed E-state index contributed by atoms with van der Waals surface area (Å²) in [5, 5.41) is 6.86. The van der Waals surface area contributed by atoms with Gasteiger partial charge >= 0.3 is 12.2 Å². The van der Waals surface area contributed by atoms with E-state index in [0.717, 1.165) is 12.3 Å². The van der Waals surface area contributed by atoms with Crippen LogP contribution < -0.4 is 10.2 Å². The maximum Gasteiger partial charge on any atom is 0.433 e. The van der Waals surface area contributed by atoms with Crippen LogP contribution in [0.5, 0.6) is 0 Å². The number of aromatic nitrogens is 6. The van der Waals surface area contributed by atoms with Crippen molar-refractivity contribution in [2.24, 2.45) is 0 Å². The van der Waals surface area contributed by atoms with Crippen molar-refractivity contribution in [2.75, 3.05) is 11.4 Å². The molecule has 0 saturated heterocycles. The van der Waals surface area contributed by atoms with Gasteiger partial charge in [0, 0.05) is 18.9 Å². The molecular formula is C17H15F3N8O. The molecule has 0 saturated carbocycles. The molecule has 12 heteroatoms. The predicted molar refractivity (Wildman–Crippen MR) is 94.2 cm³/mol.